The van der Waals surface area contributed by atoms with E-state index in [0.29, 0.717) is 16.5 Å². The first-order valence-corrected chi connectivity index (χ1v) is 9.28. The summed E-state index contributed by atoms with van der Waals surface area (Å²) in [6.07, 6.45) is 3.13. The number of rotatable bonds is 4. The van der Waals surface area contributed by atoms with Gasteiger partial charge in [0.15, 0.2) is 5.76 Å². The molecule has 0 saturated heterocycles. The standard InChI is InChI=1S/C18H20N2O5S/c1-3-24-18(23)20-16(22)14-11-7-6-10(2)9-13(11)26-17(14)19-15(21)12-5-4-8-25-12/h4-5,8,10H,3,6-7,9H2,1-2H3,(H,19,21)(H,20,22,23)/t10-/m0/s1. The maximum atomic E-state index is 12.7. The van der Waals surface area contributed by atoms with Crippen LogP contribution in [-0.2, 0) is 17.6 Å². The number of thiophene rings is 1. The van der Waals surface area contributed by atoms with E-state index in [1.54, 1.807) is 19.1 Å². The number of anilines is 1. The van der Waals surface area contributed by atoms with Gasteiger partial charge in [-0.3, -0.25) is 14.9 Å². The fraction of sp³-hybridized carbons (Fsp3) is 0.389. The second kappa shape index (κ2) is 7.74. The summed E-state index contributed by atoms with van der Waals surface area (Å²) in [7, 11) is 0. The van der Waals surface area contributed by atoms with Crippen molar-refractivity contribution in [3.8, 4) is 0 Å². The average molecular weight is 376 g/mol. The third-order valence-electron chi connectivity index (χ3n) is 4.20. The number of fused-ring (bicyclic) bond motifs is 1. The molecule has 3 rings (SSSR count). The van der Waals surface area contributed by atoms with Crippen LogP contribution < -0.4 is 10.6 Å². The number of ether oxygens (including phenoxy) is 1. The zero-order valence-corrected chi connectivity index (χ0v) is 15.4. The molecular weight excluding hydrogens is 356 g/mol. The number of hydrogen-bond donors (Lipinski definition) is 2. The molecule has 7 nitrogen and oxygen atoms in total. The van der Waals surface area contributed by atoms with Gasteiger partial charge in [0.1, 0.15) is 5.00 Å². The van der Waals surface area contributed by atoms with Crippen LogP contribution in [-0.4, -0.2) is 24.5 Å². The predicted molar refractivity (Wildman–Crippen MR) is 96.7 cm³/mol. The third kappa shape index (κ3) is 3.80. The summed E-state index contributed by atoms with van der Waals surface area (Å²) in [5.41, 5.74) is 1.23. The molecule has 2 aromatic heterocycles. The Hall–Kier alpha value is -2.61. The molecule has 1 atom stereocenters. The van der Waals surface area contributed by atoms with Crippen molar-refractivity contribution < 1.29 is 23.5 Å². The summed E-state index contributed by atoms with van der Waals surface area (Å²) in [6.45, 7) is 3.98. The normalized spacial score (nSPS) is 15.8. The lowest BCUT2D eigenvalue weighted by molar-refractivity contribution is 0.0925. The lowest BCUT2D eigenvalue weighted by Crippen LogP contribution is -2.32. The first-order valence-electron chi connectivity index (χ1n) is 8.47. The predicted octanol–water partition coefficient (Wildman–Crippen LogP) is 3.60. The number of alkyl carbamates (subject to hydrolysis) is 1. The SMILES string of the molecule is CCOC(=O)NC(=O)c1c(NC(=O)c2ccco2)sc2c1CC[C@H](C)C2. The Bertz CT molecular complexity index is 825. The van der Waals surface area contributed by atoms with E-state index in [0.717, 1.165) is 29.7 Å². The number of furan rings is 1. The van der Waals surface area contributed by atoms with Crippen LogP contribution in [0.2, 0.25) is 0 Å². The number of imide groups is 1. The van der Waals surface area contributed by atoms with E-state index in [4.69, 9.17) is 9.15 Å². The summed E-state index contributed by atoms with van der Waals surface area (Å²) in [6, 6.07) is 3.16. The van der Waals surface area contributed by atoms with E-state index in [2.05, 4.69) is 17.6 Å². The highest BCUT2D eigenvalue weighted by atomic mass is 32.1. The highest BCUT2D eigenvalue weighted by molar-refractivity contribution is 7.17. The summed E-state index contributed by atoms with van der Waals surface area (Å²) in [4.78, 5) is 37.7. The molecule has 8 heteroatoms. The molecule has 0 bridgehead atoms. The summed E-state index contributed by atoms with van der Waals surface area (Å²) in [5.74, 6) is -0.339. The van der Waals surface area contributed by atoms with Crippen LogP contribution in [0.25, 0.3) is 0 Å². The largest absolute Gasteiger partial charge is 0.459 e. The minimum absolute atomic E-state index is 0.154. The van der Waals surface area contributed by atoms with Crippen LogP contribution in [0.15, 0.2) is 22.8 Å². The van der Waals surface area contributed by atoms with E-state index in [1.807, 2.05) is 0 Å². The van der Waals surface area contributed by atoms with Crippen LogP contribution in [0.5, 0.6) is 0 Å². The second-order valence-electron chi connectivity index (χ2n) is 6.16. The Kier molecular flexibility index (Phi) is 5.41. The van der Waals surface area contributed by atoms with Crippen molar-refractivity contribution >= 4 is 34.2 Å². The van der Waals surface area contributed by atoms with Gasteiger partial charge in [-0.15, -0.1) is 11.3 Å². The first kappa shape index (κ1) is 18.2. The van der Waals surface area contributed by atoms with Crippen LogP contribution in [0.1, 0.15) is 51.6 Å². The third-order valence-corrected chi connectivity index (χ3v) is 5.37. The minimum atomic E-state index is -0.801. The Balaban J connectivity index is 1.91. The van der Waals surface area contributed by atoms with Gasteiger partial charge in [0.25, 0.3) is 11.8 Å². The van der Waals surface area contributed by atoms with E-state index < -0.39 is 17.9 Å². The highest BCUT2D eigenvalue weighted by Crippen LogP contribution is 2.39. The van der Waals surface area contributed by atoms with Gasteiger partial charge in [0.2, 0.25) is 0 Å². The molecular formula is C18H20N2O5S. The molecule has 0 aromatic carbocycles. The van der Waals surface area contributed by atoms with Crippen LogP contribution in [0, 0.1) is 5.92 Å². The van der Waals surface area contributed by atoms with Crippen molar-refractivity contribution in [2.24, 2.45) is 5.92 Å². The molecule has 0 radical (unpaired) electrons. The van der Waals surface area contributed by atoms with E-state index in [-0.39, 0.29) is 12.4 Å². The second-order valence-corrected chi connectivity index (χ2v) is 7.27. The van der Waals surface area contributed by atoms with E-state index in [1.165, 1.54) is 17.6 Å². The number of nitrogens with one attached hydrogen (secondary N) is 2. The molecule has 0 aliphatic heterocycles. The van der Waals surface area contributed by atoms with Crippen LogP contribution in [0.4, 0.5) is 9.80 Å². The van der Waals surface area contributed by atoms with Crippen molar-refractivity contribution in [1.82, 2.24) is 5.32 Å². The van der Waals surface area contributed by atoms with Crippen molar-refractivity contribution in [2.45, 2.75) is 33.1 Å². The fourth-order valence-electron chi connectivity index (χ4n) is 2.97. The molecule has 0 unspecified atom stereocenters. The van der Waals surface area contributed by atoms with Gasteiger partial charge >= 0.3 is 6.09 Å². The van der Waals surface area contributed by atoms with Gasteiger partial charge in [0, 0.05) is 4.88 Å². The molecule has 1 aliphatic carbocycles. The van der Waals surface area contributed by atoms with Gasteiger partial charge in [-0.1, -0.05) is 6.92 Å². The van der Waals surface area contributed by atoms with Crippen molar-refractivity contribution in [1.29, 1.82) is 0 Å². The lowest BCUT2D eigenvalue weighted by Gasteiger charge is -2.18. The maximum absolute atomic E-state index is 12.7. The number of carbonyl (C=O) groups excluding carboxylic acids is 3. The fourth-order valence-corrected chi connectivity index (χ4v) is 4.38. The van der Waals surface area contributed by atoms with Gasteiger partial charge in [-0.2, -0.15) is 0 Å². The van der Waals surface area contributed by atoms with Gasteiger partial charge in [-0.25, -0.2) is 4.79 Å². The Morgan fingerprint density at radius 1 is 1.35 bits per heavy atom. The van der Waals surface area contributed by atoms with Gasteiger partial charge in [-0.05, 0) is 49.8 Å². The van der Waals surface area contributed by atoms with Crippen molar-refractivity contribution in [3.05, 3.63) is 40.2 Å². The molecule has 1 aliphatic rings. The van der Waals surface area contributed by atoms with Gasteiger partial charge in [0.05, 0.1) is 18.4 Å². The molecule has 0 fully saturated rings. The zero-order chi connectivity index (χ0) is 18.7. The Labute approximate surface area is 154 Å². The number of carbonyl (C=O) groups is 3. The summed E-state index contributed by atoms with van der Waals surface area (Å²) < 4.78 is 9.88. The van der Waals surface area contributed by atoms with E-state index >= 15 is 0 Å². The molecule has 138 valence electrons. The quantitative estimate of drug-likeness (QED) is 0.850. The summed E-state index contributed by atoms with van der Waals surface area (Å²) >= 11 is 1.37. The zero-order valence-electron chi connectivity index (χ0n) is 14.6. The topological polar surface area (TPSA) is 97.6 Å². The van der Waals surface area contributed by atoms with E-state index in [9.17, 15) is 14.4 Å². The molecule has 26 heavy (non-hydrogen) atoms. The highest BCUT2D eigenvalue weighted by Gasteiger charge is 2.29. The number of amides is 3. The number of hydrogen-bond acceptors (Lipinski definition) is 6. The molecule has 0 spiro atoms. The molecule has 2 aromatic rings. The average Bonchev–Trinajstić information content (AvgIpc) is 3.21. The van der Waals surface area contributed by atoms with Crippen LogP contribution in [0.3, 0.4) is 0 Å². The van der Waals surface area contributed by atoms with Crippen molar-refractivity contribution in [3.63, 3.8) is 0 Å². The Morgan fingerprint density at radius 2 is 2.15 bits per heavy atom. The molecule has 0 saturated carbocycles. The van der Waals surface area contributed by atoms with Crippen LogP contribution >= 0.6 is 11.3 Å². The first-order chi connectivity index (χ1) is 12.5. The van der Waals surface area contributed by atoms with Crippen molar-refractivity contribution in [2.75, 3.05) is 11.9 Å². The maximum Gasteiger partial charge on any atom is 0.414 e. The smallest absolute Gasteiger partial charge is 0.414 e. The van der Waals surface area contributed by atoms with Gasteiger partial charge < -0.3 is 14.5 Å². The molecule has 2 heterocycles. The Morgan fingerprint density at radius 3 is 2.85 bits per heavy atom. The monoisotopic (exact) mass is 376 g/mol. The molecule has 2 N–H and O–H groups in total. The lowest BCUT2D eigenvalue weighted by atomic mass is 9.88. The molecule has 3 amide bonds. The minimum Gasteiger partial charge on any atom is -0.459 e. The summed E-state index contributed by atoms with van der Waals surface area (Å²) in [5, 5.41) is 5.39.